The van der Waals surface area contributed by atoms with E-state index in [0.29, 0.717) is 0 Å². The van der Waals surface area contributed by atoms with Crippen molar-refractivity contribution in [1.29, 1.82) is 0 Å². The smallest absolute Gasteiger partial charge is 0.274 e. The minimum atomic E-state index is -0.320. The third-order valence-electron chi connectivity index (χ3n) is 4.08. The summed E-state index contributed by atoms with van der Waals surface area (Å²) in [6, 6.07) is 5.21. The minimum absolute atomic E-state index is 0.195. The highest BCUT2D eigenvalue weighted by Crippen LogP contribution is 2.29. The van der Waals surface area contributed by atoms with Crippen molar-refractivity contribution < 1.29 is 4.92 Å². The number of nitrogens with zero attached hydrogens (tertiary/aromatic N) is 1. The fourth-order valence-corrected chi connectivity index (χ4v) is 2.93. The Hall–Kier alpha value is -1.58. The molecule has 2 rings (SSSR count). The molecule has 0 bridgehead atoms. The van der Waals surface area contributed by atoms with Crippen LogP contribution in [0.15, 0.2) is 18.2 Å². The van der Waals surface area contributed by atoms with E-state index in [2.05, 4.69) is 5.32 Å². The number of benzene rings is 1. The predicted molar refractivity (Wildman–Crippen MR) is 77.5 cm³/mol. The first kappa shape index (κ1) is 13.8. The zero-order valence-corrected chi connectivity index (χ0v) is 11.5. The maximum atomic E-state index is 10.9. The molecular formula is C15H22N2O2. The number of hydrogen-bond acceptors (Lipinski definition) is 3. The van der Waals surface area contributed by atoms with Gasteiger partial charge in [-0.25, -0.2) is 0 Å². The molecule has 1 saturated carbocycles. The Kier molecular flexibility index (Phi) is 4.77. The van der Waals surface area contributed by atoms with Gasteiger partial charge in [0.25, 0.3) is 5.69 Å². The molecule has 0 aliphatic heterocycles. The number of rotatable bonds is 6. The average molecular weight is 262 g/mol. The van der Waals surface area contributed by atoms with Gasteiger partial charge >= 0.3 is 0 Å². The summed E-state index contributed by atoms with van der Waals surface area (Å²) in [6.07, 6.45) is 7.98. The van der Waals surface area contributed by atoms with Gasteiger partial charge < -0.3 is 5.32 Å². The van der Waals surface area contributed by atoms with Crippen LogP contribution in [-0.2, 0) is 0 Å². The van der Waals surface area contributed by atoms with Crippen molar-refractivity contribution in [2.75, 3.05) is 11.9 Å². The zero-order valence-electron chi connectivity index (χ0n) is 11.5. The van der Waals surface area contributed by atoms with Crippen LogP contribution in [0.4, 0.5) is 11.4 Å². The van der Waals surface area contributed by atoms with Crippen LogP contribution in [0.25, 0.3) is 0 Å². The van der Waals surface area contributed by atoms with E-state index in [1.165, 1.54) is 32.1 Å². The lowest BCUT2D eigenvalue weighted by Crippen LogP contribution is -2.06. The van der Waals surface area contributed by atoms with E-state index < -0.39 is 0 Å². The number of hydrogen-bond donors (Lipinski definition) is 1. The van der Waals surface area contributed by atoms with Crippen molar-refractivity contribution in [3.63, 3.8) is 0 Å². The maximum absolute atomic E-state index is 10.9. The van der Waals surface area contributed by atoms with Gasteiger partial charge in [-0.3, -0.25) is 10.1 Å². The molecule has 1 aliphatic carbocycles. The first-order valence-electron chi connectivity index (χ1n) is 7.16. The molecule has 1 fully saturated rings. The summed E-state index contributed by atoms with van der Waals surface area (Å²) in [5.41, 5.74) is 1.81. The second-order valence-corrected chi connectivity index (χ2v) is 5.43. The highest BCUT2D eigenvalue weighted by molar-refractivity contribution is 5.59. The normalized spacial score (nSPS) is 15.6. The van der Waals surface area contributed by atoms with Gasteiger partial charge in [0.15, 0.2) is 0 Å². The number of anilines is 1. The number of nitro groups is 1. The van der Waals surface area contributed by atoms with Crippen LogP contribution in [0.5, 0.6) is 0 Å². The molecule has 0 spiro atoms. The van der Waals surface area contributed by atoms with E-state index >= 15 is 0 Å². The molecule has 0 heterocycles. The molecule has 0 unspecified atom stereocenters. The minimum Gasteiger partial charge on any atom is -0.385 e. The van der Waals surface area contributed by atoms with Crippen LogP contribution in [0.2, 0.25) is 0 Å². The first-order chi connectivity index (χ1) is 9.18. The van der Waals surface area contributed by atoms with Gasteiger partial charge in [-0.2, -0.15) is 0 Å². The Bertz CT molecular complexity index is 440. The summed E-state index contributed by atoms with van der Waals surface area (Å²) >= 11 is 0. The summed E-state index contributed by atoms with van der Waals surface area (Å²) in [5, 5.41) is 14.2. The summed E-state index contributed by atoms with van der Waals surface area (Å²) in [5.74, 6) is 0.910. The van der Waals surface area contributed by atoms with Crippen molar-refractivity contribution in [1.82, 2.24) is 0 Å². The molecule has 0 aromatic heterocycles. The van der Waals surface area contributed by atoms with Crippen molar-refractivity contribution in [3.8, 4) is 0 Å². The standard InChI is InChI=1S/C15H22N2O2/c1-12-14(9-4-10-15(12)17(18)19)16-11-5-8-13-6-2-3-7-13/h4,9-10,13,16H,2-3,5-8,11H2,1H3. The molecule has 1 aromatic carbocycles. The number of nitro benzene ring substituents is 1. The molecule has 1 N–H and O–H groups in total. The molecule has 4 heteroatoms. The van der Waals surface area contributed by atoms with Crippen molar-refractivity contribution in [2.45, 2.75) is 45.4 Å². The first-order valence-corrected chi connectivity index (χ1v) is 7.16. The topological polar surface area (TPSA) is 55.2 Å². The Balaban J connectivity index is 1.82. The van der Waals surface area contributed by atoms with Crippen molar-refractivity contribution in [2.24, 2.45) is 5.92 Å². The van der Waals surface area contributed by atoms with Crippen LogP contribution >= 0.6 is 0 Å². The molecule has 19 heavy (non-hydrogen) atoms. The van der Waals surface area contributed by atoms with Gasteiger partial charge in [0.1, 0.15) is 0 Å². The lowest BCUT2D eigenvalue weighted by Gasteiger charge is -2.11. The average Bonchev–Trinajstić information content (AvgIpc) is 2.89. The highest BCUT2D eigenvalue weighted by Gasteiger charge is 2.15. The van der Waals surface area contributed by atoms with Gasteiger partial charge in [0, 0.05) is 23.9 Å². The molecule has 0 radical (unpaired) electrons. The monoisotopic (exact) mass is 262 g/mol. The lowest BCUT2D eigenvalue weighted by atomic mass is 10.0. The molecule has 1 aliphatic rings. The third kappa shape index (κ3) is 3.69. The van der Waals surface area contributed by atoms with E-state index in [-0.39, 0.29) is 10.6 Å². The largest absolute Gasteiger partial charge is 0.385 e. The molecule has 4 nitrogen and oxygen atoms in total. The van der Waals surface area contributed by atoms with Crippen LogP contribution < -0.4 is 5.32 Å². The van der Waals surface area contributed by atoms with Crippen LogP contribution in [0.3, 0.4) is 0 Å². The fourth-order valence-electron chi connectivity index (χ4n) is 2.93. The second-order valence-electron chi connectivity index (χ2n) is 5.43. The van der Waals surface area contributed by atoms with Crippen LogP contribution in [0, 0.1) is 23.0 Å². The van der Waals surface area contributed by atoms with Gasteiger partial charge in [0.2, 0.25) is 0 Å². The zero-order chi connectivity index (χ0) is 13.7. The third-order valence-corrected chi connectivity index (χ3v) is 4.08. The van der Waals surface area contributed by atoms with E-state index in [9.17, 15) is 10.1 Å². The summed E-state index contributed by atoms with van der Waals surface area (Å²) in [6.45, 7) is 2.70. The van der Waals surface area contributed by atoms with E-state index in [1.54, 1.807) is 19.1 Å². The van der Waals surface area contributed by atoms with Gasteiger partial charge in [-0.15, -0.1) is 0 Å². The Morgan fingerprint density at radius 2 is 2.11 bits per heavy atom. The summed E-state index contributed by atoms with van der Waals surface area (Å²) in [4.78, 5) is 10.5. The van der Waals surface area contributed by atoms with Gasteiger partial charge in [-0.05, 0) is 31.7 Å². The molecule has 0 atom stereocenters. The maximum Gasteiger partial charge on any atom is 0.274 e. The summed E-state index contributed by atoms with van der Waals surface area (Å²) < 4.78 is 0. The van der Waals surface area contributed by atoms with E-state index in [0.717, 1.165) is 30.1 Å². The predicted octanol–water partition coefficient (Wildman–Crippen LogP) is 4.29. The van der Waals surface area contributed by atoms with E-state index in [1.807, 2.05) is 6.07 Å². The Labute approximate surface area is 114 Å². The SMILES string of the molecule is Cc1c(NCCCC2CCCC2)cccc1[N+](=O)[O-]. The number of nitrogens with one attached hydrogen (secondary N) is 1. The van der Waals surface area contributed by atoms with Gasteiger partial charge in [-0.1, -0.05) is 31.7 Å². The molecule has 0 saturated heterocycles. The molecule has 0 amide bonds. The van der Waals surface area contributed by atoms with Gasteiger partial charge in [0.05, 0.1) is 4.92 Å². The van der Waals surface area contributed by atoms with Crippen LogP contribution in [0.1, 0.15) is 44.1 Å². The highest BCUT2D eigenvalue weighted by atomic mass is 16.6. The van der Waals surface area contributed by atoms with Crippen molar-refractivity contribution in [3.05, 3.63) is 33.9 Å². The van der Waals surface area contributed by atoms with Crippen molar-refractivity contribution >= 4 is 11.4 Å². The lowest BCUT2D eigenvalue weighted by molar-refractivity contribution is -0.385. The summed E-state index contributed by atoms with van der Waals surface area (Å²) in [7, 11) is 0. The molecule has 104 valence electrons. The van der Waals surface area contributed by atoms with Crippen LogP contribution in [-0.4, -0.2) is 11.5 Å². The fraction of sp³-hybridized carbons (Fsp3) is 0.600. The second kappa shape index (κ2) is 6.55. The Morgan fingerprint density at radius 3 is 2.79 bits per heavy atom. The quantitative estimate of drug-likeness (QED) is 0.473. The molecular weight excluding hydrogens is 240 g/mol. The van der Waals surface area contributed by atoms with E-state index in [4.69, 9.17) is 0 Å². The Morgan fingerprint density at radius 1 is 1.37 bits per heavy atom. The molecule has 1 aromatic rings.